The lowest BCUT2D eigenvalue weighted by Gasteiger charge is -2.12. The van der Waals surface area contributed by atoms with E-state index in [0.717, 1.165) is 31.0 Å². The Morgan fingerprint density at radius 3 is 2.83 bits per heavy atom. The number of rotatable bonds is 8. The summed E-state index contributed by atoms with van der Waals surface area (Å²) < 4.78 is 5.45. The van der Waals surface area contributed by atoms with Gasteiger partial charge in [-0.3, -0.25) is 0 Å². The zero-order valence-electron chi connectivity index (χ0n) is 17.4. The molecular weight excluding hydrogens is 364 g/mol. The highest BCUT2D eigenvalue weighted by molar-refractivity contribution is 5.86. The van der Waals surface area contributed by atoms with Gasteiger partial charge in [-0.15, -0.1) is 0 Å². The number of phenolic OH excluding ortho intramolecular Hbond substituents is 1. The maximum atomic E-state index is 9.84. The molecule has 6 heteroatoms. The Morgan fingerprint density at radius 1 is 1.17 bits per heavy atom. The Hall–Kier alpha value is -3.15. The summed E-state index contributed by atoms with van der Waals surface area (Å²) in [6, 6.07) is 11.7. The van der Waals surface area contributed by atoms with Crippen LogP contribution in [0.3, 0.4) is 0 Å². The SMILES string of the molecule is CCNC(=NCc1ccc(O)c(OCC)c1)NCCc1c[nH]c2c(C)cccc12. The molecule has 0 radical (unpaired) electrons. The van der Waals surface area contributed by atoms with Crippen LogP contribution in [0.4, 0.5) is 0 Å². The molecule has 0 amide bonds. The summed E-state index contributed by atoms with van der Waals surface area (Å²) in [5, 5.41) is 17.8. The van der Waals surface area contributed by atoms with Crippen molar-refractivity contribution >= 4 is 16.9 Å². The number of hydrogen-bond acceptors (Lipinski definition) is 3. The second-order valence-electron chi connectivity index (χ2n) is 6.92. The molecule has 0 unspecified atom stereocenters. The van der Waals surface area contributed by atoms with Crippen molar-refractivity contribution in [2.45, 2.75) is 33.7 Å². The molecule has 0 saturated carbocycles. The molecule has 0 aliphatic carbocycles. The Bertz CT molecular complexity index is 978. The van der Waals surface area contributed by atoms with Crippen molar-refractivity contribution in [3.63, 3.8) is 0 Å². The van der Waals surface area contributed by atoms with E-state index in [-0.39, 0.29) is 5.75 Å². The number of phenols is 1. The van der Waals surface area contributed by atoms with Crippen LogP contribution >= 0.6 is 0 Å². The maximum absolute atomic E-state index is 9.84. The number of benzene rings is 2. The molecule has 154 valence electrons. The first kappa shape index (κ1) is 20.6. The van der Waals surface area contributed by atoms with Gasteiger partial charge < -0.3 is 25.5 Å². The van der Waals surface area contributed by atoms with Crippen LogP contribution in [0.5, 0.6) is 11.5 Å². The third kappa shape index (κ3) is 5.22. The number of aromatic nitrogens is 1. The largest absolute Gasteiger partial charge is 0.504 e. The topological polar surface area (TPSA) is 81.7 Å². The number of ether oxygens (including phenoxy) is 1. The van der Waals surface area contributed by atoms with Crippen molar-refractivity contribution in [1.82, 2.24) is 15.6 Å². The van der Waals surface area contributed by atoms with Crippen LogP contribution in [0.2, 0.25) is 0 Å². The van der Waals surface area contributed by atoms with Crippen molar-refractivity contribution in [3.05, 3.63) is 59.3 Å². The zero-order chi connectivity index (χ0) is 20.6. The normalized spacial score (nSPS) is 11.6. The van der Waals surface area contributed by atoms with E-state index in [1.54, 1.807) is 6.07 Å². The lowest BCUT2D eigenvalue weighted by molar-refractivity contribution is 0.318. The van der Waals surface area contributed by atoms with Gasteiger partial charge >= 0.3 is 0 Å². The van der Waals surface area contributed by atoms with Crippen LogP contribution < -0.4 is 15.4 Å². The van der Waals surface area contributed by atoms with Gasteiger partial charge in [0.1, 0.15) is 0 Å². The molecule has 1 heterocycles. The first-order valence-electron chi connectivity index (χ1n) is 10.1. The van der Waals surface area contributed by atoms with Crippen molar-refractivity contribution in [2.24, 2.45) is 4.99 Å². The Balaban J connectivity index is 1.62. The molecule has 0 aliphatic rings. The van der Waals surface area contributed by atoms with Gasteiger partial charge in [0.05, 0.1) is 13.2 Å². The molecule has 3 aromatic rings. The first-order chi connectivity index (χ1) is 14.1. The molecule has 0 fully saturated rings. The predicted octanol–water partition coefficient (Wildman–Crippen LogP) is 3.88. The lowest BCUT2D eigenvalue weighted by Crippen LogP contribution is -2.38. The van der Waals surface area contributed by atoms with Gasteiger partial charge in [0.15, 0.2) is 17.5 Å². The lowest BCUT2D eigenvalue weighted by atomic mass is 10.1. The van der Waals surface area contributed by atoms with Gasteiger partial charge in [0, 0.05) is 30.2 Å². The van der Waals surface area contributed by atoms with Crippen LogP contribution in [-0.4, -0.2) is 35.7 Å². The third-order valence-corrected chi connectivity index (χ3v) is 4.78. The molecule has 0 saturated heterocycles. The van der Waals surface area contributed by atoms with E-state index >= 15 is 0 Å². The van der Waals surface area contributed by atoms with Gasteiger partial charge in [-0.05, 0) is 56.0 Å². The molecule has 0 spiro atoms. The number of guanidine groups is 1. The second kappa shape index (κ2) is 9.87. The van der Waals surface area contributed by atoms with Crippen LogP contribution in [-0.2, 0) is 13.0 Å². The number of aliphatic imine (C=N–C) groups is 1. The molecule has 4 N–H and O–H groups in total. The predicted molar refractivity (Wildman–Crippen MR) is 119 cm³/mol. The average molecular weight is 395 g/mol. The number of para-hydroxylation sites is 1. The van der Waals surface area contributed by atoms with Crippen molar-refractivity contribution in [2.75, 3.05) is 19.7 Å². The molecule has 0 atom stereocenters. The van der Waals surface area contributed by atoms with Crippen molar-refractivity contribution < 1.29 is 9.84 Å². The summed E-state index contributed by atoms with van der Waals surface area (Å²) in [4.78, 5) is 8.04. The molecule has 0 bridgehead atoms. The van der Waals surface area contributed by atoms with E-state index in [1.807, 2.05) is 26.0 Å². The van der Waals surface area contributed by atoms with E-state index in [1.165, 1.54) is 22.0 Å². The van der Waals surface area contributed by atoms with Gasteiger partial charge in [-0.25, -0.2) is 4.99 Å². The molecule has 6 nitrogen and oxygen atoms in total. The number of aromatic hydroxyl groups is 1. The van der Waals surface area contributed by atoms with E-state index in [2.05, 4.69) is 51.9 Å². The van der Waals surface area contributed by atoms with Crippen LogP contribution in [0, 0.1) is 6.92 Å². The van der Waals surface area contributed by atoms with Crippen molar-refractivity contribution in [1.29, 1.82) is 0 Å². The zero-order valence-corrected chi connectivity index (χ0v) is 17.4. The number of nitrogens with one attached hydrogen (secondary N) is 3. The number of nitrogens with zero attached hydrogens (tertiary/aromatic N) is 1. The first-order valence-corrected chi connectivity index (χ1v) is 10.1. The molecule has 1 aromatic heterocycles. The smallest absolute Gasteiger partial charge is 0.191 e. The van der Waals surface area contributed by atoms with E-state index in [0.29, 0.717) is 18.9 Å². The highest BCUT2D eigenvalue weighted by Crippen LogP contribution is 2.27. The Labute approximate surface area is 172 Å². The van der Waals surface area contributed by atoms with Crippen molar-refractivity contribution in [3.8, 4) is 11.5 Å². The molecule has 3 rings (SSSR count). The van der Waals surface area contributed by atoms with Gasteiger partial charge in [-0.1, -0.05) is 24.3 Å². The second-order valence-corrected chi connectivity index (χ2v) is 6.92. The van der Waals surface area contributed by atoms with Crippen LogP contribution in [0.15, 0.2) is 47.6 Å². The van der Waals surface area contributed by atoms with Gasteiger partial charge in [0.25, 0.3) is 0 Å². The summed E-state index contributed by atoms with van der Waals surface area (Å²) >= 11 is 0. The summed E-state index contributed by atoms with van der Waals surface area (Å²) in [6.45, 7) is 8.65. The third-order valence-electron chi connectivity index (χ3n) is 4.78. The van der Waals surface area contributed by atoms with E-state index in [4.69, 9.17) is 4.74 Å². The minimum Gasteiger partial charge on any atom is -0.504 e. The monoisotopic (exact) mass is 394 g/mol. The summed E-state index contributed by atoms with van der Waals surface area (Å²) in [5.74, 6) is 1.42. The van der Waals surface area contributed by atoms with Crippen LogP contribution in [0.1, 0.15) is 30.5 Å². The fraction of sp³-hybridized carbons (Fsp3) is 0.348. The fourth-order valence-corrected chi connectivity index (χ4v) is 3.33. The molecule has 2 aromatic carbocycles. The number of H-pyrrole nitrogens is 1. The number of fused-ring (bicyclic) bond motifs is 1. The standard InChI is InChI=1S/C23H30N4O2/c1-4-24-23(27-14-17-9-10-20(28)21(13-17)29-5-2)25-12-11-18-15-26-22-16(3)7-6-8-19(18)22/h6-10,13,15,26,28H,4-5,11-12,14H2,1-3H3,(H2,24,25,27). The fourth-order valence-electron chi connectivity index (χ4n) is 3.33. The minimum absolute atomic E-state index is 0.151. The number of aryl methyl sites for hydroxylation is 1. The highest BCUT2D eigenvalue weighted by Gasteiger charge is 2.06. The number of aromatic amines is 1. The Kier molecular flexibility index (Phi) is 7.00. The molecular formula is C23H30N4O2. The van der Waals surface area contributed by atoms with Gasteiger partial charge in [0.2, 0.25) is 0 Å². The van der Waals surface area contributed by atoms with E-state index < -0.39 is 0 Å². The quantitative estimate of drug-likeness (QED) is 0.345. The summed E-state index contributed by atoms with van der Waals surface area (Å²) in [5.41, 5.74) is 4.75. The number of hydrogen-bond donors (Lipinski definition) is 4. The molecule has 29 heavy (non-hydrogen) atoms. The average Bonchev–Trinajstić information content (AvgIpc) is 3.13. The van der Waals surface area contributed by atoms with E-state index in [9.17, 15) is 5.11 Å². The van der Waals surface area contributed by atoms with Gasteiger partial charge in [-0.2, -0.15) is 0 Å². The minimum atomic E-state index is 0.151. The Morgan fingerprint density at radius 2 is 2.03 bits per heavy atom. The molecule has 0 aliphatic heterocycles. The highest BCUT2D eigenvalue weighted by atomic mass is 16.5. The summed E-state index contributed by atoms with van der Waals surface area (Å²) in [7, 11) is 0. The van der Waals surface area contributed by atoms with Crippen LogP contribution in [0.25, 0.3) is 10.9 Å². The summed E-state index contributed by atoms with van der Waals surface area (Å²) in [6.07, 6.45) is 3.00. The maximum Gasteiger partial charge on any atom is 0.191 e.